The second-order valence-corrected chi connectivity index (χ2v) is 2.83. The normalized spacial score (nSPS) is 11.2. The highest BCUT2D eigenvalue weighted by Crippen LogP contribution is 2.31. The minimum atomic E-state index is -4.12. The zero-order valence-corrected chi connectivity index (χ0v) is 7.67. The van der Waals surface area contributed by atoms with Gasteiger partial charge in [0.2, 0.25) is 5.82 Å². The molecule has 0 aromatic heterocycles. The first-order valence-corrected chi connectivity index (χ1v) is 3.87. The Labute approximate surface area is 86.4 Å². The summed E-state index contributed by atoms with van der Waals surface area (Å²) in [5, 5.41) is 10.2. The first-order valence-electron chi connectivity index (χ1n) is 3.50. The molecular formula is C7H3ClF3NO3. The van der Waals surface area contributed by atoms with Gasteiger partial charge in [-0.15, -0.1) is 8.78 Å². The van der Waals surface area contributed by atoms with E-state index >= 15 is 0 Å². The number of rotatable bonds is 3. The van der Waals surface area contributed by atoms with E-state index in [-0.39, 0.29) is 0 Å². The van der Waals surface area contributed by atoms with E-state index in [4.69, 9.17) is 0 Å². The van der Waals surface area contributed by atoms with Crippen LogP contribution in [0.2, 0.25) is 0 Å². The average Bonchev–Trinajstić information content (AvgIpc) is 2.05. The summed E-state index contributed by atoms with van der Waals surface area (Å²) in [5.41, 5.74) is -5.08. The van der Waals surface area contributed by atoms with Gasteiger partial charge < -0.3 is 4.74 Å². The highest BCUT2D eigenvalue weighted by Gasteiger charge is 2.31. The second-order valence-electron chi connectivity index (χ2n) is 2.39. The van der Waals surface area contributed by atoms with E-state index in [1.165, 1.54) is 0 Å². The van der Waals surface area contributed by atoms with Crippen molar-refractivity contribution in [2.45, 2.75) is 5.57 Å². The molecule has 0 aliphatic carbocycles. The monoisotopic (exact) mass is 241 g/mol. The Bertz CT molecular complexity index is 394. The summed E-state index contributed by atoms with van der Waals surface area (Å²) in [6.07, 6.45) is 0. The number of alkyl halides is 3. The number of halogens is 4. The van der Waals surface area contributed by atoms with Gasteiger partial charge in [-0.3, -0.25) is 10.1 Å². The summed E-state index contributed by atoms with van der Waals surface area (Å²) in [4.78, 5) is 9.17. The van der Waals surface area contributed by atoms with Gasteiger partial charge >= 0.3 is 11.3 Å². The van der Waals surface area contributed by atoms with Crippen LogP contribution in [0.3, 0.4) is 0 Å². The third-order valence-corrected chi connectivity index (χ3v) is 1.44. The second kappa shape index (κ2) is 3.93. The van der Waals surface area contributed by atoms with Gasteiger partial charge in [0, 0.05) is 17.7 Å². The lowest BCUT2D eigenvalue weighted by Gasteiger charge is -2.10. The number of nitrogens with zero attached hydrogens (tertiary/aromatic N) is 1. The van der Waals surface area contributed by atoms with Crippen molar-refractivity contribution in [1.82, 2.24) is 0 Å². The van der Waals surface area contributed by atoms with Crippen LogP contribution in [0.4, 0.5) is 18.9 Å². The summed E-state index contributed by atoms with van der Waals surface area (Å²) in [6.45, 7) is 0. The minimum absolute atomic E-state index is 0.804. The van der Waals surface area contributed by atoms with Crippen molar-refractivity contribution in [3.05, 3.63) is 34.1 Å². The molecule has 4 nitrogen and oxygen atoms in total. The minimum Gasteiger partial charge on any atom is -0.417 e. The Morgan fingerprint density at radius 1 is 1.47 bits per heavy atom. The molecule has 0 heterocycles. The predicted molar refractivity (Wildman–Crippen MR) is 44.5 cm³/mol. The Hall–Kier alpha value is -1.50. The number of benzene rings is 1. The quantitative estimate of drug-likeness (QED) is 0.464. The molecule has 1 rings (SSSR count). The van der Waals surface area contributed by atoms with Gasteiger partial charge in [-0.2, -0.15) is 4.39 Å². The fraction of sp³-hybridized carbons (Fsp3) is 0.143. The molecule has 1 aromatic rings. The molecule has 0 aliphatic heterocycles. The smallest absolute Gasteiger partial charge is 0.417 e. The predicted octanol–water partition coefficient (Wildman–Crippen LogP) is 2.90. The zero-order chi connectivity index (χ0) is 11.6. The van der Waals surface area contributed by atoms with E-state index in [0.29, 0.717) is 0 Å². The molecule has 0 saturated heterocycles. The van der Waals surface area contributed by atoms with Crippen LogP contribution in [0, 0.1) is 15.9 Å². The molecule has 0 N–H and O–H groups in total. The van der Waals surface area contributed by atoms with Gasteiger partial charge in [0.15, 0.2) is 5.75 Å². The molecular weight excluding hydrogens is 239 g/mol. The third-order valence-electron chi connectivity index (χ3n) is 1.37. The molecule has 0 fully saturated rings. The van der Waals surface area contributed by atoms with Crippen molar-refractivity contribution in [3.8, 4) is 5.75 Å². The van der Waals surface area contributed by atoms with Gasteiger partial charge in [-0.05, 0) is 6.07 Å². The van der Waals surface area contributed by atoms with E-state index in [1.807, 2.05) is 0 Å². The molecule has 0 bridgehead atoms. The summed E-state index contributed by atoms with van der Waals surface area (Å²) >= 11 is 4.38. The maximum atomic E-state index is 13.1. The standard InChI is InChI=1S/C7H3ClF3NO3/c8-7(10,11)15-5-3-1-2-4(6(5)9)12(13)14/h1-3H. The van der Waals surface area contributed by atoms with Crippen LogP contribution in [-0.2, 0) is 0 Å². The van der Waals surface area contributed by atoms with Crippen LogP contribution in [-0.4, -0.2) is 10.5 Å². The largest absolute Gasteiger partial charge is 0.487 e. The molecule has 0 unspecified atom stereocenters. The lowest BCUT2D eigenvalue weighted by Crippen LogP contribution is -2.16. The van der Waals surface area contributed by atoms with Crippen LogP contribution in [0.1, 0.15) is 0 Å². The SMILES string of the molecule is O=[N+]([O-])c1cccc(OC(F)(F)Cl)c1F. The van der Waals surface area contributed by atoms with E-state index in [0.717, 1.165) is 18.2 Å². The van der Waals surface area contributed by atoms with Crippen LogP contribution in [0.5, 0.6) is 5.75 Å². The summed E-state index contributed by atoms with van der Waals surface area (Å²) in [7, 11) is 0. The highest BCUT2D eigenvalue weighted by atomic mass is 35.5. The van der Waals surface area contributed by atoms with Gasteiger partial charge in [-0.25, -0.2) is 0 Å². The first kappa shape index (κ1) is 11.6. The fourth-order valence-corrected chi connectivity index (χ4v) is 0.927. The lowest BCUT2D eigenvalue weighted by molar-refractivity contribution is -0.387. The maximum Gasteiger partial charge on any atom is 0.487 e. The maximum absolute atomic E-state index is 13.1. The molecule has 0 radical (unpaired) electrons. The summed E-state index contributed by atoms with van der Waals surface area (Å²) in [5.74, 6) is -2.48. The van der Waals surface area contributed by atoms with E-state index in [2.05, 4.69) is 16.3 Å². The number of hydrogen-bond acceptors (Lipinski definition) is 3. The summed E-state index contributed by atoms with van der Waals surface area (Å²) < 4.78 is 41.0. The first-order chi connectivity index (χ1) is 6.81. The fourth-order valence-electron chi connectivity index (χ4n) is 0.844. The highest BCUT2D eigenvalue weighted by molar-refractivity contribution is 6.20. The Kier molecular flexibility index (Phi) is 3.04. The van der Waals surface area contributed by atoms with Gasteiger partial charge in [0.05, 0.1) is 4.92 Å². The molecule has 0 spiro atoms. The van der Waals surface area contributed by atoms with Crippen LogP contribution in [0.15, 0.2) is 18.2 Å². The molecule has 0 atom stereocenters. The van der Waals surface area contributed by atoms with Gasteiger partial charge in [0.1, 0.15) is 0 Å². The molecule has 15 heavy (non-hydrogen) atoms. The molecule has 0 aliphatic rings. The molecule has 0 saturated carbocycles. The number of nitro groups is 1. The van der Waals surface area contributed by atoms with Crippen molar-refractivity contribution in [2.24, 2.45) is 0 Å². The number of ether oxygens (including phenoxy) is 1. The molecule has 8 heteroatoms. The zero-order valence-electron chi connectivity index (χ0n) is 6.92. The molecule has 82 valence electrons. The number of hydrogen-bond donors (Lipinski definition) is 0. The van der Waals surface area contributed by atoms with Crippen LogP contribution >= 0.6 is 11.6 Å². The Balaban J connectivity index is 3.10. The van der Waals surface area contributed by atoms with Gasteiger partial charge in [0.25, 0.3) is 0 Å². The molecule has 0 amide bonds. The Morgan fingerprint density at radius 3 is 2.53 bits per heavy atom. The lowest BCUT2D eigenvalue weighted by atomic mass is 10.3. The molecule has 1 aromatic carbocycles. The van der Waals surface area contributed by atoms with Gasteiger partial charge in [-0.1, -0.05) is 6.07 Å². The van der Waals surface area contributed by atoms with Crippen molar-refractivity contribution in [3.63, 3.8) is 0 Å². The van der Waals surface area contributed by atoms with E-state index in [1.54, 1.807) is 0 Å². The summed E-state index contributed by atoms with van der Waals surface area (Å²) in [6, 6.07) is 2.62. The van der Waals surface area contributed by atoms with Crippen LogP contribution < -0.4 is 4.74 Å². The van der Waals surface area contributed by atoms with Crippen molar-refractivity contribution < 1.29 is 22.8 Å². The van der Waals surface area contributed by atoms with Crippen molar-refractivity contribution >= 4 is 17.3 Å². The number of nitro benzene ring substituents is 1. The van der Waals surface area contributed by atoms with E-state index in [9.17, 15) is 23.3 Å². The van der Waals surface area contributed by atoms with E-state index < -0.39 is 27.7 Å². The van der Waals surface area contributed by atoms with Crippen LogP contribution in [0.25, 0.3) is 0 Å². The average molecular weight is 242 g/mol. The van der Waals surface area contributed by atoms with Crippen molar-refractivity contribution in [1.29, 1.82) is 0 Å². The Morgan fingerprint density at radius 2 is 2.07 bits per heavy atom. The van der Waals surface area contributed by atoms with Crippen molar-refractivity contribution in [2.75, 3.05) is 0 Å². The third kappa shape index (κ3) is 2.98. The topological polar surface area (TPSA) is 52.4 Å².